The Morgan fingerprint density at radius 1 is 1.38 bits per heavy atom. The normalized spacial score (nSPS) is 11.6. The summed E-state index contributed by atoms with van der Waals surface area (Å²) < 4.78 is 22.0. The molecule has 0 radical (unpaired) electrons. The SMILES string of the molecule is CCc1ccc(S(=O)(=O)Cl)c(C)c1. The lowest BCUT2D eigenvalue weighted by Crippen LogP contribution is -1.95. The van der Waals surface area contributed by atoms with Crippen LogP contribution in [0.15, 0.2) is 23.1 Å². The second-order valence-electron chi connectivity index (χ2n) is 2.89. The highest BCUT2D eigenvalue weighted by atomic mass is 35.7. The lowest BCUT2D eigenvalue weighted by atomic mass is 10.1. The van der Waals surface area contributed by atoms with Crippen LogP contribution in [0, 0.1) is 6.92 Å². The molecule has 0 aliphatic carbocycles. The Balaban J connectivity index is 3.29. The molecule has 0 saturated carbocycles. The molecular weight excluding hydrogens is 208 g/mol. The molecule has 72 valence electrons. The second-order valence-corrected chi connectivity index (χ2v) is 5.43. The van der Waals surface area contributed by atoms with Crippen molar-refractivity contribution in [3.05, 3.63) is 29.3 Å². The monoisotopic (exact) mass is 218 g/mol. The van der Waals surface area contributed by atoms with Crippen molar-refractivity contribution in [1.82, 2.24) is 0 Å². The number of hydrogen-bond donors (Lipinski definition) is 0. The van der Waals surface area contributed by atoms with Crippen LogP contribution in [0.5, 0.6) is 0 Å². The van der Waals surface area contributed by atoms with Crippen LogP contribution in [0.1, 0.15) is 18.1 Å². The topological polar surface area (TPSA) is 34.1 Å². The summed E-state index contributed by atoms with van der Waals surface area (Å²) in [7, 11) is 1.65. The largest absolute Gasteiger partial charge is 0.261 e. The number of aryl methyl sites for hydroxylation is 2. The predicted molar refractivity (Wildman–Crippen MR) is 53.6 cm³/mol. The molecule has 0 bridgehead atoms. The zero-order valence-corrected chi connectivity index (χ0v) is 9.11. The molecule has 0 fully saturated rings. The van der Waals surface area contributed by atoms with E-state index >= 15 is 0 Å². The van der Waals surface area contributed by atoms with E-state index in [1.807, 2.05) is 13.0 Å². The Labute approximate surface area is 83.0 Å². The van der Waals surface area contributed by atoms with Crippen molar-refractivity contribution >= 4 is 19.7 Å². The van der Waals surface area contributed by atoms with E-state index in [1.165, 1.54) is 0 Å². The number of benzene rings is 1. The molecule has 0 spiro atoms. The van der Waals surface area contributed by atoms with Crippen molar-refractivity contribution in [1.29, 1.82) is 0 Å². The highest BCUT2D eigenvalue weighted by Crippen LogP contribution is 2.20. The third kappa shape index (κ3) is 2.45. The van der Waals surface area contributed by atoms with E-state index < -0.39 is 9.05 Å². The summed E-state index contributed by atoms with van der Waals surface area (Å²) >= 11 is 0. The van der Waals surface area contributed by atoms with Gasteiger partial charge < -0.3 is 0 Å². The lowest BCUT2D eigenvalue weighted by Gasteiger charge is -2.03. The van der Waals surface area contributed by atoms with Gasteiger partial charge in [0.05, 0.1) is 4.90 Å². The Bertz CT molecular complexity index is 410. The summed E-state index contributed by atoms with van der Waals surface area (Å²) in [6, 6.07) is 5.17. The van der Waals surface area contributed by atoms with Crippen molar-refractivity contribution < 1.29 is 8.42 Å². The van der Waals surface area contributed by atoms with Gasteiger partial charge in [0, 0.05) is 10.7 Å². The highest BCUT2D eigenvalue weighted by molar-refractivity contribution is 8.13. The smallest absolute Gasteiger partial charge is 0.207 e. The van der Waals surface area contributed by atoms with Crippen LogP contribution in [0.3, 0.4) is 0 Å². The molecule has 0 amide bonds. The molecule has 13 heavy (non-hydrogen) atoms. The van der Waals surface area contributed by atoms with Gasteiger partial charge >= 0.3 is 0 Å². The van der Waals surface area contributed by atoms with Gasteiger partial charge in [-0.05, 0) is 30.5 Å². The Morgan fingerprint density at radius 2 is 2.00 bits per heavy atom. The fourth-order valence-electron chi connectivity index (χ4n) is 1.20. The first-order valence-electron chi connectivity index (χ1n) is 3.99. The van der Waals surface area contributed by atoms with Crippen LogP contribution < -0.4 is 0 Å². The van der Waals surface area contributed by atoms with E-state index in [0.717, 1.165) is 12.0 Å². The van der Waals surface area contributed by atoms with Gasteiger partial charge in [0.15, 0.2) is 0 Å². The van der Waals surface area contributed by atoms with E-state index in [1.54, 1.807) is 19.1 Å². The van der Waals surface area contributed by atoms with Crippen molar-refractivity contribution in [3.8, 4) is 0 Å². The molecule has 1 rings (SSSR count). The maximum absolute atomic E-state index is 11.0. The Morgan fingerprint density at radius 3 is 2.38 bits per heavy atom. The molecule has 0 aliphatic rings. The van der Waals surface area contributed by atoms with E-state index in [2.05, 4.69) is 0 Å². The zero-order valence-electron chi connectivity index (χ0n) is 7.54. The number of hydrogen-bond acceptors (Lipinski definition) is 2. The first-order valence-corrected chi connectivity index (χ1v) is 6.30. The van der Waals surface area contributed by atoms with Crippen LogP contribution in [0.2, 0.25) is 0 Å². The van der Waals surface area contributed by atoms with Gasteiger partial charge in [0.2, 0.25) is 0 Å². The summed E-state index contributed by atoms with van der Waals surface area (Å²) in [4.78, 5) is 0.200. The maximum atomic E-state index is 11.0. The minimum Gasteiger partial charge on any atom is -0.207 e. The first-order chi connectivity index (χ1) is 5.95. The summed E-state index contributed by atoms with van der Waals surface area (Å²) in [5.74, 6) is 0. The molecule has 0 atom stereocenters. The average Bonchev–Trinajstić information content (AvgIpc) is 2.01. The van der Waals surface area contributed by atoms with Gasteiger partial charge in [-0.3, -0.25) is 0 Å². The van der Waals surface area contributed by atoms with Crippen LogP contribution in [-0.4, -0.2) is 8.42 Å². The molecular formula is C9H11ClO2S. The lowest BCUT2D eigenvalue weighted by molar-refractivity contribution is 0.609. The van der Waals surface area contributed by atoms with Crippen LogP contribution >= 0.6 is 10.7 Å². The standard InChI is InChI=1S/C9H11ClO2S/c1-3-8-4-5-9(7(2)6-8)13(10,11)12/h4-6H,3H2,1-2H3. The zero-order chi connectivity index (χ0) is 10.1. The van der Waals surface area contributed by atoms with Gasteiger partial charge in [-0.15, -0.1) is 0 Å². The molecule has 1 aromatic rings. The molecule has 2 nitrogen and oxygen atoms in total. The van der Waals surface area contributed by atoms with Gasteiger partial charge in [0.1, 0.15) is 0 Å². The van der Waals surface area contributed by atoms with E-state index in [9.17, 15) is 8.42 Å². The third-order valence-electron chi connectivity index (χ3n) is 1.91. The van der Waals surface area contributed by atoms with E-state index in [-0.39, 0.29) is 4.90 Å². The van der Waals surface area contributed by atoms with Crippen molar-refractivity contribution in [2.45, 2.75) is 25.2 Å². The summed E-state index contributed by atoms with van der Waals surface area (Å²) in [6.07, 6.45) is 0.892. The predicted octanol–water partition coefficient (Wildman–Crippen LogP) is 2.48. The minimum atomic E-state index is -3.59. The Hall–Kier alpha value is -0.540. The number of halogens is 1. The molecule has 0 unspecified atom stereocenters. The maximum Gasteiger partial charge on any atom is 0.261 e. The quantitative estimate of drug-likeness (QED) is 0.715. The third-order valence-corrected chi connectivity index (χ3v) is 3.39. The second kappa shape index (κ2) is 3.68. The van der Waals surface area contributed by atoms with Crippen molar-refractivity contribution in [2.24, 2.45) is 0 Å². The Kier molecular flexibility index (Phi) is 2.98. The van der Waals surface area contributed by atoms with Gasteiger partial charge in [-0.1, -0.05) is 19.1 Å². The molecule has 0 aliphatic heterocycles. The van der Waals surface area contributed by atoms with Crippen LogP contribution in [-0.2, 0) is 15.5 Å². The van der Waals surface area contributed by atoms with Crippen LogP contribution in [0.25, 0.3) is 0 Å². The minimum absolute atomic E-state index is 0.200. The molecule has 0 N–H and O–H groups in total. The molecule has 0 saturated heterocycles. The molecule has 0 aromatic heterocycles. The van der Waals surface area contributed by atoms with Crippen molar-refractivity contribution in [2.75, 3.05) is 0 Å². The average molecular weight is 219 g/mol. The molecule has 0 heterocycles. The van der Waals surface area contributed by atoms with Crippen LogP contribution in [0.4, 0.5) is 0 Å². The van der Waals surface area contributed by atoms with Gasteiger partial charge in [-0.25, -0.2) is 8.42 Å². The van der Waals surface area contributed by atoms with Gasteiger partial charge in [0.25, 0.3) is 9.05 Å². The fourth-order valence-corrected chi connectivity index (χ4v) is 2.40. The first kappa shape index (κ1) is 10.5. The molecule has 4 heteroatoms. The van der Waals surface area contributed by atoms with E-state index in [0.29, 0.717) is 5.56 Å². The summed E-state index contributed by atoms with van der Waals surface area (Å²) in [5.41, 5.74) is 1.82. The van der Waals surface area contributed by atoms with Gasteiger partial charge in [-0.2, -0.15) is 0 Å². The van der Waals surface area contributed by atoms with E-state index in [4.69, 9.17) is 10.7 Å². The highest BCUT2D eigenvalue weighted by Gasteiger charge is 2.12. The fraction of sp³-hybridized carbons (Fsp3) is 0.333. The summed E-state index contributed by atoms with van der Waals surface area (Å²) in [6.45, 7) is 3.76. The van der Waals surface area contributed by atoms with Crippen molar-refractivity contribution in [3.63, 3.8) is 0 Å². The number of rotatable bonds is 2. The molecule has 1 aromatic carbocycles. The summed E-state index contributed by atoms with van der Waals surface area (Å²) in [5, 5.41) is 0.